The van der Waals surface area contributed by atoms with Gasteiger partial charge in [0.2, 0.25) is 5.91 Å². The zero-order valence-corrected chi connectivity index (χ0v) is 20.7. The van der Waals surface area contributed by atoms with Crippen LogP contribution in [0.1, 0.15) is 61.3 Å². The third kappa shape index (κ3) is 6.27. The largest absolute Gasteiger partial charge is 0.480 e. The Balaban J connectivity index is 1.18. The van der Waals surface area contributed by atoms with Crippen molar-refractivity contribution < 1.29 is 19.4 Å². The number of pyridine rings is 1. The molecule has 3 heterocycles. The van der Waals surface area contributed by atoms with Crippen LogP contribution in [0.5, 0.6) is 0 Å². The molecule has 0 bridgehead atoms. The standard InChI is InChI=1S/C25H32ClN5O4/c1-16-28-15-19(26)21(29-16)25(10-11-25)24(34)31-20(23(32)33)9-14-35-13-3-2-6-18-8-7-17-5-4-12-27-22(17)30-18/h7-8,15,20H,2-6,9-14H2,1H3,(H,27,30)(H,31,34)(H,32,33)/t20-/m0/s1. The van der Waals surface area contributed by atoms with Crippen molar-refractivity contribution in [3.63, 3.8) is 0 Å². The van der Waals surface area contributed by atoms with Gasteiger partial charge >= 0.3 is 5.97 Å². The summed E-state index contributed by atoms with van der Waals surface area (Å²) < 4.78 is 5.66. The molecule has 0 saturated heterocycles. The van der Waals surface area contributed by atoms with Crippen molar-refractivity contribution >= 4 is 29.3 Å². The van der Waals surface area contributed by atoms with E-state index in [0.717, 1.165) is 50.2 Å². The predicted octanol–water partition coefficient (Wildman–Crippen LogP) is 3.22. The average Bonchev–Trinajstić information content (AvgIpc) is 3.66. The fourth-order valence-corrected chi connectivity index (χ4v) is 4.63. The van der Waals surface area contributed by atoms with E-state index in [1.54, 1.807) is 6.92 Å². The van der Waals surface area contributed by atoms with E-state index in [1.807, 2.05) is 0 Å². The lowest BCUT2D eigenvalue weighted by Crippen LogP contribution is -2.46. The Labute approximate surface area is 210 Å². The van der Waals surface area contributed by atoms with Crippen molar-refractivity contribution in [2.75, 3.05) is 25.1 Å². The molecule has 0 spiro atoms. The SMILES string of the molecule is Cc1ncc(Cl)c(C2(C(=O)N[C@@H](CCOCCCCc3ccc4c(n3)NCCC4)C(=O)O)CC2)n1. The van der Waals surface area contributed by atoms with Crippen molar-refractivity contribution in [1.29, 1.82) is 0 Å². The number of halogens is 1. The minimum Gasteiger partial charge on any atom is -0.480 e. The first-order chi connectivity index (χ1) is 16.9. The van der Waals surface area contributed by atoms with Gasteiger partial charge in [0.15, 0.2) is 0 Å². The number of unbranched alkanes of at least 4 members (excludes halogenated alkanes) is 1. The van der Waals surface area contributed by atoms with Gasteiger partial charge in [-0.15, -0.1) is 0 Å². The predicted molar refractivity (Wildman–Crippen MR) is 132 cm³/mol. The molecule has 1 aliphatic heterocycles. The number of carbonyl (C=O) groups excluding carboxylic acids is 1. The minimum absolute atomic E-state index is 0.186. The summed E-state index contributed by atoms with van der Waals surface area (Å²) in [6, 6.07) is 3.22. The highest BCUT2D eigenvalue weighted by Gasteiger charge is 2.54. The maximum atomic E-state index is 13.0. The smallest absolute Gasteiger partial charge is 0.326 e. The van der Waals surface area contributed by atoms with E-state index in [1.165, 1.54) is 11.8 Å². The Hall–Kier alpha value is -2.78. The fourth-order valence-electron chi connectivity index (χ4n) is 4.36. The second-order valence-corrected chi connectivity index (χ2v) is 9.67. The molecule has 188 valence electrons. The normalized spacial score (nSPS) is 16.6. The Kier molecular flexibility index (Phi) is 8.18. The van der Waals surface area contributed by atoms with Crippen molar-refractivity contribution in [3.8, 4) is 0 Å². The van der Waals surface area contributed by atoms with Crippen LogP contribution < -0.4 is 10.6 Å². The summed E-state index contributed by atoms with van der Waals surface area (Å²) in [5, 5.41) is 15.9. The number of fused-ring (bicyclic) bond motifs is 1. The average molecular weight is 502 g/mol. The number of anilines is 1. The van der Waals surface area contributed by atoms with E-state index in [-0.39, 0.29) is 18.9 Å². The summed E-state index contributed by atoms with van der Waals surface area (Å²) in [4.78, 5) is 37.8. The van der Waals surface area contributed by atoms with Gasteiger partial charge in [-0.25, -0.2) is 19.7 Å². The summed E-state index contributed by atoms with van der Waals surface area (Å²) in [6.45, 7) is 3.48. The molecule has 4 rings (SSSR count). The molecule has 2 aromatic rings. The van der Waals surface area contributed by atoms with E-state index < -0.39 is 17.4 Å². The molecule has 2 aliphatic rings. The van der Waals surface area contributed by atoms with Crippen LogP contribution in [0, 0.1) is 6.92 Å². The van der Waals surface area contributed by atoms with Gasteiger partial charge < -0.3 is 20.5 Å². The number of hydrogen-bond donors (Lipinski definition) is 3. The number of aliphatic carboxylic acids is 1. The number of amides is 1. The van der Waals surface area contributed by atoms with Crippen LogP contribution in [0.25, 0.3) is 0 Å². The molecular formula is C25H32ClN5O4. The lowest BCUT2D eigenvalue weighted by molar-refractivity contribution is -0.142. The first kappa shape index (κ1) is 25.3. The number of nitrogens with zero attached hydrogens (tertiary/aromatic N) is 3. The zero-order chi connectivity index (χ0) is 24.8. The number of aromatic nitrogens is 3. The highest BCUT2D eigenvalue weighted by Crippen LogP contribution is 2.49. The van der Waals surface area contributed by atoms with Crippen LogP contribution in [-0.2, 0) is 32.6 Å². The lowest BCUT2D eigenvalue weighted by Gasteiger charge is -2.20. The number of carbonyl (C=O) groups is 2. The van der Waals surface area contributed by atoms with E-state index in [9.17, 15) is 14.7 Å². The number of ether oxygens (including phenoxy) is 1. The molecule has 10 heteroatoms. The van der Waals surface area contributed by atoms with Crippen LogP contribution in [0.3, 0.4) is 0 Å². The number of rotatable bonds is 12. The Morgan fingerprint density at radius 1 is 1.26 bits per heavy atom. The Morgan fingerprint density at radius 3 is 2.86 bits per heavy atom. The number of carboxylic acids is 1. The minimum atomic E-state index is -1.09. The van der Waals surface area contributed by atoms with Gasteiger partial charge in [0, 0.05) is 38.1 Å². The second-order valence-electron chi connectivity index (χ2n) is 9.26. The molecule has 0 radical (unpaired) electrons. The summed E-state index contributed by atoms with van der Waals surface area (Å²) in [5.74, 6) is 0.0781. The number of hydrogen-bond acceptors (Lipinski definition) is 7. The van der Waals surface area contributed by atoms with E-state index in [0.29, 0.717) is 36.0 Å². The van der Waals surface area contributed by atoms with Gasteiger partial charge in [-0.05, 0) is 63.5 Å². The van der Waals surface area contributed by atoms with Crippen LogP contribution in [-0.4, -0.2) is 57.7 Å². The zero-order valence-electron chi connectivity index (χ0n) is 20.0. The van der Waals surface area contributed by atoms with Gasteiger partial charge in [0.05, 0.1) is 16.1 Å². The molecule has 9 nitrogen and oxygen atoms in total. The van der Waals surface area contributed by atoms with Crippen LogP contribution >= 0.6 is 11.6 Å². The first-order valence-corrected chi connectivity index (χ1v) is 12.6. The highest BCUT2D eigenvalue weighted by atomic mass is 35.5. The van der Waals surface area contributed by atoms with Crippen LogP contribution in [0.4, 0.5) is 5.82 Å². The Morgan fingerprint density at radius 2 is 2.09 bits per heavy atom. The summed E-state index contributed by atoms with van der Waals surface area (Å²) in [7, 11) is 0. The maximum absolute atomic E-state index is 13.0. The lowest BCUT2D eigenvalue weighted by atomic mass is 10.00. The molecule has 1 aliphatic carbocycles. The van der Waals surface area contributed by atoms with E-state index in [4.69, 9.17) is 21.3 Å². The van der Waals surface area contributed by atoms with Crippen molar-refractivity contribution in [3.05, 3.63) is 46.1 Å². The maximum Gasteiger partial charge on any atom is 0.326 e. The molecule has 0 unspecified atom stereocenters. The van der Waals surface area contributed by atoms with Gasteiger partial charge in [-0.2, -0.15) is 0 Å². The monoisotopic (exact) mass is 501 g/mol. The Bertz CT molecular complexity index is 1080. The molecule has 35 heavy (non-hydrogen) atoms. The summed E-state index contributed by atoms with van der Waals surface area (Å²) in [5.41, 5.74) is 1.94. The molecular weight excluding hydrogens is 470 g/mol. The highest BCUT2D eigenvalue weighted by molar-refractivity contribution is 6.31. The molecule has 0 aromatic carbocycles. The van der Waals surface area contributed by atoms with Crippen LogP contribution in [0.15, 0.2) is 18.3 Å². The molecule has 1 atom stereocenters. The summed E-state index contributed by atoms with van der Waals surface area (Å²) in [6.07, 6.45) is 7.71. The van der Waals surface area contributed by atoms with Crippen molar-refractivity contribution in [1.82, 2.24) is 20.3 Å². The summed E-state index contributed by atoms with van der Waals surface area (Å²) >= 11 is 6.23. The van der Waals surface area contributed by atoms with Gasteiger partial charge in [0.1, 0.15) is 17.7 Å². The molecule has 2 aromatic heterocycles. The molecule has 3 N–H and O–H groups in total. The number of aryl methyl sites for hydroxylation is 3. The fraction of sp³-hybridized carbons (Fsp3) is 0.560. The molecule has 1 amide bonds. The molecule has 1 saturated carbocycles. The van der Waals surface area contributed by atoms with E-state index in [2.05, 4.69) is 32.7 Å². The van der Waals surface area contributed by atoms with Crippen molar-refractivity contribution in [2.24, 2.45) is 0 Å². The van der Waals surface area contributed by atoms with Gasteiger partial charge in [0.25, 0.3) is 0 Å². The van der Waals surface area contributed by atoms with Crippen LogP contribution in [0.2, 0.25) is 5.02 Å². The van der Waals surface area contributed by atoms with Crippen molar-refractivity contribution in [2.45, 2.75) is 69.7 Å². The third-order valence-electron chi connectivity index (χ3n) is 6.58. The van der Waals surface area contributed by atoms with E-state index >= 15 is 0 Å². The quantitative estimate of drug-likeness (QED) is 0.378. The second kappa shape index (κ2) is 11.3. The number of carboxylic acid groups (broad SMARTS) is 1. The first-order valence-electron chi connectivity index (χ1n) is 12.2. The third-order valence-corrected chi connectivity index (χ3v) is 6.86. The van der Waals surface area contributed by atoms with Gasteiger partial charge in [-0.1, -0.05) is 17.7 Å². The topological polar surface area (TPSA) is 126 Å². The number of nitrogens with one attached hydrogen (secondary N) is 2. The van der Waals surface area contributed by atoms with Gasteiger partial charge in [-0.3, -0.25) is 4.79 Å². The molecule has 1 fully saturated rings.